The predicted molar refractivity (Wildman–Crippen MR) is 48.6 cm³/mol. The molecule has 0 aliphatic heterocycles. The Balaban J connectivity index is 1.96. The number of aryl methyl sites for hydroxylation is 1. The average Bonchev–Trinajstić information content (AvgIpc) is 2.78. The van der Waals surface area contributed by atoms with Gasteiger partial charge in [-0.2, -0.15) is 0 Å². The zero-order valence-electron chi connectivity index (χ0n) is 7.79. The van der Waals surface area contributed by atoms with Gasteiger partial charge in [0.15, 0.2) is 0 Å². The lowest BCUT2D eigenvalue weighted by molar-refractivity contribution is -0.131. The van der Waals surface area contributed by atoms with Gasteiger partial charge in [-0.25, -0.2) is 4.79 Å². The van der Waals surface area contributed by atoms with Gasteiger partial charge in [0.1, 0.15) is 0 Å². The molecule has 1 fully saturated rings. The van der Waals surface area contributed by atoms with Crippen molar-refractivity contribution in [1.82, 2.24) is 15.0 Å². The summed E-state index contributed by atoms with van der Waals surface area (Å²) in [6, 6.07) is 0. The summed E-state index contributed by atoms with van der Waals surface area (Å²) in [7, 11) is 1.82. The molecule has 1 aromatic rings. The van der Waals surface area contributed by atoms with Crippen molar-refractivity contribution in [2.24, 2.45) is 13.0 Å². The van der Waals surface area contributed by atoms with Crippen molar-refractivity contribution in [3.8, 4) is 0 Å². The number of rotatable bonds is 3. The molecule has 0 aromatic carbocycles. The number of carboxylic acids is 1. The minimum atomic E-state index is -0.894. The smallest absolute Gasteiger partial charge is 0.327 e. The first kappa shape index (κ1) is 8.93. The SMILES string of the molecule is Cn1cc(C2CC2C=CC(=O)O)nn1. The number of allylic oxidation sites excluding steroid dienone is 1. The lowest BCUT2D eigenvalue weighted by Gasteiger charge is -1.86. The Hall–Kier alpha value is -1.65. The highest BCUT2D eigenvalue weighted by Crippen LogP contribution is 2.47. The minimum absolute atomic E-state index is 0.322. The van der Waals surface area contributed by atoms with E-state index in [1.54, 1.807) is 10.8 Å². The molecule has 2 rings (SSSR count). The first-order chi connectivity index (χ1) is 6.66. The summed E-state index contributed by atoms with van der Waals surface area (Å²) in [5, 5.41) is 16.3. The van der Waals surface area contributed by atoms with Crippen molar-refractivity contribution in [2.45, 2.75) is 12.3 Å². The molecule has 1 aliphatic carbocycles. The highest BCUT2D eigenvalue weighted by Gasteiger charge is 2.38. The molecule has 1 aromatic heterocycles. The fourth-order valence-corrected chi connectivity index (χ4v) is 1.51. The maximum atomic E-state index is 10.3. The third-order valence-corrected chi connectivity index (χ3v) is 2.33. The molecular weight excluding hydrogens is 182 g/mol. The molecule has 74 valence electrons. The standard InChI is InChI=1S/C9H11N3O2/c1-12-5-8(10-11-12)7-4-6(7)2-3-9(13)14/h2-3,5-7H,4H2,1H3,(H,13,14). The van der Waals surface area contributed by atoms with Crippen molar-refractivity contribution in [3.63, 3.8) is 0 Å². The molecule has 1 heterocycles. The molecule has 2 atom stereocenters. The van der Waals surface area contributed by atoms with E-state index in [0.29, 0.717) is 11.8 Å². The van der Waals surface area contributed by atoms with Gasteiger partial charge in [0, 0.05) is 25.2 Å². The van der Waals surface area contributed by atoms with Crippen LogP contribution in [-0.4, -0.2) is 26.1 Å². The summed E-state index contributed by atoms with van der Waals surface area (Å²) in [6.07, 6.45) is 5.77. The van der Waals surface area contributed by atoms with Crippen LogP contribution in [0.3, 0.4) is 0 Å². The van der Waals surface area contributed by atoms with E-state index < -0.39 is 5.97 Å². The first-order valence-electron chi connectivity index (χ1n) is 4.44. The molecule has 0 spiro atoms. The minimum Gasteiger partial charge on any atom is -0.478 e. The van der Waals surface area contributed by atoms with Gasteiger partial charge in [0.25, 0.3) is 0 Å². The Bertz CT molecular complexity index is 383. The normalized spacial score (nSPS) is 25.5. The number of hydrogen-bond donors (Lipinski definition) is 1. The van der Waals surface area contributed by atoms with Gasteiger partial charge in [-0.15, -0.1) is 5.10 Å². The summed E-state index contributed by atoms with van der Waals surface area (Å²) in [5.41, 5.74) is 0.951. The Morgan fingerprint density at radius 3 is 3.14 bits per heavy atom. The third-order valence-electron chi connectivity index (χ3n) is 2.33. The number of carboxylic acid groups (broad SMARTS) is 1. The van der Waals surface area contributed by atoms with E-state index in [9.17, 15) is 4.79 Å². The van der Waals surface area contributed by atoms with Crippen LogP contribution in [0.25, 0.3) is 0 Å². The zero-order valence-corrected chi connectivity index (χ0v) is 7.79. The van der Waals surface area contributed by atoms with Crippen LogP contribution in [0.4, 0.5) is 0 Å². The number of nitrogens with zero attached hydrogens (tertiary/aromatic N) is 3. The van der Waals surface area contributed by atoms with Crippen LogP contribution in [0, 0.1) is 5.92 Å². The third kappa shape index (κ3) is 1.81. The van der Waals surface area contributed by atoms with Crippen LogP contribution >= 0.6 is 0 Å². The highest BCUT2D eigenvalue weighted by atomic mass is 16.4. The Labute approximate surface area is 81.0 Å². The van der Waals surface area contributed by atoms with Crippen LogP contribution in [0.1, 0.15) is 18.0 Å². The van der Waals surface area contributed by atoms with E-state index >= 15 is 0 Å². The lowest BCUT2D eigenvalue weighted by atomic mass is 10.2. The van der Waals surface area contributed by atoms with Gasteiger partial charge < -0.3 is 5.11 Å². The van der Waals surface area contributed by atoms with E-state index in [0.717, 1.165) is 12.1 Å². The largest absolute Gasteiger partial charge is 0.478 e. The maximum Gasteiger partial charge on any atom is 0.327 e. The molecule has 1 saturated carbocycles. The molecule has 1 aliphatic rings. The first-order valence-corrected chi connectivity index (χ1v) is 4.44. The Morgan fingerprint density at radius 1 is 1.79 bits per heavy atom. The monoisotopic (exact) mass is 193 g/mol. The van der Waals surface area contributed by atoms with Gasteiger partial charge in [-0.3, -0.25) is 4.68 Å². The van der Waals surface area contributed by atoms with E-state index in [4.69, 9.17) is 5.11 Å². The number of aromatic nitrogens is 3. The summed E-state index contributed by atoms with van der Waals surface area (Å²) < 4.78 is 1.66. The molecule has 5 heteroatoms. The fourth-order valence-electron chi connectivity index (χ4n) is 1.51. The molecular formula is C9H11N3O2. The number of carbonyl (C=O) groups is 1. The summed E-state index contributed by atoms with van der Waals surface area (Å²) >= 11 is 0. The van der Waals surface area contributed by atoms with Gasteiger partial charge in [0.05, 0.1) is 5.69 Å². The van der Waals surface area contributed by atoms with Crippen LogP contribution < -0.4 is 0 Å². The summed E-state index contributed by atoms with van der Waals surface area (Å²) in [6.45, 7) is 0. The summed E-state index contributed by atoms with van der Waals surface area (Å²) in [5.74, 6) is -0.211. The number of hydrogen-bond acceptors (Lipinski definition) is 3. The fraction of sp³-hybridized carbons (Fsp3) is 0.444. The molecule has 0 radical (unpaired) electrons. The topological polar surface area (TPSA) is 68.0 Å². The van der Waals surface area contributed by atoms with E-state index in [-0.39, 0.29) is 0 Å². The quantitative estimate of drug-likeness (QED) is 0.712. The van der Waals surface area contributed by atoms with E-state index in [2.05, 4.69) is 10.3 Å². The van der Waals surface area contributed by atoms with Crippen LogP contribution in [0.5, 0.6) is 0 Å². The molecule has 0 bridgehead atoms. The van der Waals surface area contributed by atoms with Gasteiger partial charge >= 0.3 is 5.97 Å². The van der Waals surface area contributed by atoms with Crippen molar-refractivity contribution in [1.29, 1.82) is 0 Å². The molecule has 0 amide bonds. The predicted octanol–water partition coefficient (Wildman–Crippen LogP) is 0.559. The second kappa shape index (κ2) is 3.25. The van der Waals surface area contributed by atoms with Crippen molar-refractivity contribution < 1.29 is 9.90 Å². The van der Waals surface area contributed by atoms with E-state index in [1.807, 2.05) is 13.2 Å². The average molecular weight is 193 g/mol. The molecule has 14 heavy (non-hydrogen) atoms. The molecule has 0 saturated heterocycles. The van der Waals surface area contributed by atoms with Crippen molar-refractivity contribution >= 4 is 5.97 Å². The highest BCUT2D eigenvalue weighted by molar-refractivity contribution is 5.79. The zero-order chi connectivity index (χ0) is 10.1. The van der Waals surface area contributed by atoms with Gasteiger partial charge in [0.2, 0.25) is 0 Å². The molecule has 2 unspecified atom stereocenters. The van der Waals surface area contributed by atoms with Gasteiger partial charge in [-0.1, -0.05) is 11.3 Å². The van der Waals surface area contributed by atoms with Gasteiger partial charge in [-0.05, 0) is 12.3 Å². The Kier molecular flexibility index (Phi) is 2.07. The van der Waals surface area contributed by atoms with Crippen molar-refractivity contribution in [3.05, 3.63) is 24.0 Å². The van der Waals surface area contributed by atoms with Crippen LogP contribution in [0.15, 0.2) is 18.3 Å². The van der Waals surface area contributed by atoms with E-state index in [1.165, 1.54) is 6.08 Å². The van der Waals surface area contributed by atoms with Crippen molar-refractivity contribution in [2.75, 3.05) is 0 Å². The molecule has 1 N–H and O–H groups in total. The second-order valence-corrected chi connectivity index (χ2v) is 3.52. The van der Waals surface area contributed by atoms with Crippen LogP contribution in [-0.2, 0) is 11.8 Å². The summed E-state index contributed by atoms with van der Waals surface area (Å²) in [4.78, 5) is 10.3. The van der Waals surface area contributed by atoms with Crippen LogP contribution in [0.2, 0.25) is 0 Å². The molecule has 5 nitrogen and oxygen atoms in total. The second-order valence-electron chi connectivity index (χ2n) is 3.52. The lowest BCUT2D eigenvalue weighted by Crippen LogP contribution is -1.87. The number of aliphatic carboxylic acids is 1. The Morgan fingerprint density at radius 2 is 2.57 bits per heavy atom. The maximum absolute atomic E-state index is 10.3.